The largest absolute Gasteiger partial charge is 0.389 e. The predicted molar refractivity (Wildman–Crippen MR) is 148 cm³/mol. The molecule has 2 aromatic rings. The van der Waals surface area contributed by atoms with Crippen molar-refractivity contribution in [3.05, 3.63) is 58.4 Å². The van der Waals surface area contributed by atoms with Gasteiger partial charge in [-0.15, -0.1) is 0 Å². The summed E-state index contributed by atoms with van der Waals surface area (Å²) in [6.07, 6.45) is 2.23. The Balaban J connectivity index is 1.34. The van der Waals surface area contributed by atoms with E-state index < -0.39 is 61.4 Å². The summed E-state index contributed by atoms with van der Waals surface area (Å²) in [5.41, 5.74) is -2.26. The minimum absolute atomic E-state index is 0.0223. The van der Waals surface area contributed by atoms with E-state index in [0.717, 1.165) is 18.9 Å². The number of methoxy groups -OCH3 is 1. The first-order valence-corrected chi connectivity index (χ1v) is 15.6. The Kier molecular flexibility index (Phi) is 8.14. The maximum Gasteiger partial charge on any atom is 0.255 e. The number of ether oxygens (including phenoxy) is 1. The molecule has 2 unspecified atom stereocenters. The number of hydrogen-bond acceptors (Lipinski definition) is 6. The van der Waals surface area contributed by atoms with Crippen molar-refractivity contribution in [2.45, 2.75) is 66.7 Å². The second kappa shape index (κ2) is 11.1. The minimum atomic E-state index is -4.10. The molecule has 5 atom stereocenters. The highest BCUT2D eigenvalue weighted by Gasteiger charge is 2.59. The second-order valence-electron chi connectivity index (χ2n) is 11.9. The van der Waals surface area contributed by atoms with Crippen molar-refractivity contribution in [1.29, 1.82) is 0 Å². The number of halogens is 4. The number of rotatable bonds is 9. The van der Waals surface area contributed by atoms with E-state index in [1.54, 1.807) is 7.11 Å². The standard InChI is InChI=1S/C29H32ClF3N2O6S/c1-15-7-17-9-19(12-20(15)29(17,38)13-25(36)35-28(5-6-28)14-41-2)42(39,40)24-8-16(3-4-21(24)30)27(37)34-18-10-22(31)26(33)23(32)11-18/h3-4,8,10-11,15,17,19-20,38H,5-7,9,12-14H2,1-2H3,(H,34,37)(H,35,36)/t15-,17?,19+,20?,29+/m0/s1. The van der Waals surface area contributed by atoms with E-state index in [1.165, 1.54) is 12.1 Å². The molecule has 0 heterocycles. The van der Waals surface area contributed by atoms with Crippen molar-refractivity contribution < 1.29 is 41.0 Å². The molecular formula is C29H32ClF3N2O6S. The maximum atomic E-state index is 13.9. The number of aliphatic hydroxyl groups is 1. The molecule has 8 nitrogen and oxygen atoms in total. The van der Waals surface area contributed by atoms with Crippen LogP contribution in [0, 0.1) is 35.2 Å². The van der Waals surface area contributed by atoms with Gasteiger partial charge in [0.15, 0.2) is 27.3 Å². The van der Waals surface area contributed by atoms with Crippen LogP contribution in [0.15, 0.2) is 35.2 Å². The maximum absolute atomic E-state index is 13.9. The van der Waals surface area contributed by atoms with Crippen LogP contribution in [0.2, 0.25) is 5.02 Å². The number of benzene rings is 2. The van der Waals surface area contributed by atoms with E-state index in [9.17, 15) is 36.3 Å². The van der Waals surface area contributed by atoms with Crippen LogP contribution in [0.3, 0.4) is 0 Å². The van der Waals surface area contributed by atoms with Crippen molar-refractivity contribution in [1.82, 2.24) is 5.32 Å². The Hall–Kier alpha value is -2.67. The third-order valence-electron chi connectivity index (χ3n) is 9.06. The Morgan fingerprint density at radius 3 is 2.36 bits per heavy atom. The van der Waals surface area contributed by atoms with Gasteiger partial charge in [0.05, 0.1) is 39.3 Å². The zero-order valence-electron chi connectivity index (χ0n) is 23.1. The van der Waals surface area contributed by atoms with Gasteiger partial charge in [0.2, 0.25) is 5.91 Å². The average molecular weight is 629 g/mol. The molecule has 0 spiro atoms. The van der Waals surface area contributed by atoms with Crippen LogP contribution >= 0.6 is 11.6 Å². The normalized spacial score (nSPS) is 27.9. The molecule has 3 aliphatic carbocycles. The number of carbonyl (C=O) groups is 2. The first-order valence-electron chi connectivity index (χ1n) is 13.7. The molecule has 0 radical (unpaired) electrons. The smallest absolute Gasteiger partial charge is 0.255 e. The molecule has 2 aromatic carbocycles. The van der Waals surface area contributed by atoms with Crippen molar-refractivity contribution in [3.63, 3.8) is 0 Å². The van der Waals surface area contributed by atoms with Crippen molar-refractivity contribution in [3.8, 4) is 0 Å². The van der Waals surface area contributed by atoms with Crippen LogP contribution in [0.25, 0.3) is 0 Å². The fourth-order valence-electron chi connectivity index (χ4n) is 6.78. The van der Waals surface area contributed by atoms with Crippen LogP contribution in [0.4, 0.5) is 18.9 Å². The fraction of sp³-hybridized carbons (Fsp3) is 0.517. The molecule has 2 amide bonds. The Morgan fingerprint density at radius 2 is 1.76 bits per heavy atom. The van der Waals surface area contributed by atoms with Crippen LogP contribution < -0.4 is 10.6 Å². The number of hydrogen-bond donors (Lipinski definition) is 3. The number of fused-ring (bicyclic) bond motifs is 2. The molecular weight excluding hydrogens is 597 g/mol. The zero-order chi connectivity index (χ0) is 30.6. The first kappa shape index (κ1) is 30.8. The van der Waals surface area contributed by atoms with Crippen LogP contribution in [-0.4, -0.2) is 55.4 Å². The van der Waals surface area contributed by atoms with Gasteiger partial charge in [0.25, 0.3) is 5.91 Å². The van der Waals surface area contributed by atoms with Gasteiger partial charge in [0, 0.05) is 30.5 Å². The third-order valence-corrected chi connectivity index (χ3v) is 11.7. The number of anilines is 1. The third kappa shape index (κ3) is 5.66. The van der Waals surface area contributed by atoms with Crippen LogP contribution in [0.5, 0.6) is 0 Å². The monoisotopic (exact) mass is 628 g/mol. The molecule has 0 saturated heterocycles. The van der Waals surface area contributed by atoms with Gasteiger partial charge in [-0.3, -0.25) is 9.59 Å². The van der Waals surface area contributed by atoms with Gasteiger partial charge < -0.3 is 20.5 Å². The van der Waals surface area contributed by atoms with Crippen molar-refractivity contribution >= 4 is 38.9 Å². The van der Waals surface area contributed by atoms with Crippen LogP contribution in [0.1, 0.15) is 55.8 Å². The number of sulfone groups is 1. The average Bonchev–Trinajstić information content (AvgIpc) is 3.65. The highest BCUT2D eigenvalue weighted by atomic mass is 35.5. The van der Waals surface area contributed by atoms with E-state index in [4.69, 9.17) is 16.3 Å². The quantitative estimate of drug-likeness (QED) is 0.348. The summed E-state index contributed by atoms with van der Waals surface area (Å²) in [7, 11) is -2.54. The topological polar surface area (TPSA) is 122 Å². The lowest BCUT2D eigenvalue weighted by atomic mass is 9.71. The Bertz CT molecular complexity index is 1510. The lowest BCUT2D eigenvalue weighted by Gasteiger charge is -2.43. The number of nitrogens with one attached hydrogen (secondary N) is 2. The van der Waals surface area contributed by atoms with Crippen LogP contribution in [-0.2, 0) is 19.4 Å². The zero-order valence-corrected chi connectivity index (χ0v) is 24.6. The SMILES string of the molecule is COCC1(NC(=O)C[C@@]2(O)C3C[C@@H](S(=O)(=O)c4cc(C(=O)Nc5cc(F)c(F)c(F)c5)ccc4Cl)CC2[C@@H](C)C3)CC1. The molecule has 0 aromatic heterocycles. The predicted octanol–water partition coefficient (Wildman–Crippen LogP) is 4.63. The molecule has 13 heteroatoms. The van der Waals surface area contributed by atoms with Gasteiger partial charge in [-0.05, 0) is 68.1 Å². The molecule has 2 bridgehead atoms. The van der Waals surface area contributed by atoms with E-state index in [2.05, 4.69) is 10.6 Å². The lowest BCUT2D eigenvalue weighted by molar-refractivity contribution is -0.134. The van der Waals surface area contributed by atoms with Crippen molar-refractivity contribution in [2.75, 3.05) is 19.0 Å². The van der Waals surface area contributed by atoms with E-state index in [0.29, 0.717) is 25.2 Å². The fourth-order valence-corrected chi connectivity index (χ4v) is 9.15. The molecule has 3 N–H and O–H groups in total. The minimum Gasteiger partial charge on any atom is -0.389 e. The summed E-state index contributed by atoms with van der Waals surface area (Å²) in [6, 6.07) is 4.79. The van der Waals surface area contributed by atoms with Gasteiger partial charge >= 0.3 is 0 Å². The summed E-state index contributed by atoms with van der Waals surface area (Å²) in [4.78, 5) is 25.5. The summed E-state index contributed by atoms with van der Waals surface area (Å²) in [6.45, 7) is 2.32. The molecule has 3 aliphatic rings. The van der Waals surface area contributed by atoms with Gasteiger partial charge in [-0.1, -0.05) is 18.5 Å². The Labute approximate surface area is 246 Å². The highest BCUT2D eigenvalue weighted by molar-refractivity contribution is 7.92. The summed E-state index contributed by atoms with van der Waals surface area (Å²) in [5, 5.41) is 15.9. The molecule has 5 rings (SSSR count). The van der Waals surface area contributed by atoms with Gasteiger partial charge in [-0.2, -0.15) is 0 Å². The second-order valence-corrected chi connectivity index (χ2v) is 14.5. The van der Waals surface area contributed by atoms with Crippen molar-refractivity contribution in [2.24, 2.45) is 17.8 Å². The first-order chi connectivity index (χ1) is 19.7. The molecule has 3 fully saturated rings. The molecule has 3 saturated carbocycles. The van der Waals surface area contributed by atoms with E-state index >= 15 is 0 Å². The summed E-state index contributed by atoms with van der Waals surface area (Å²) < 4.78 is 73.4. The highest BCUT2D eigenvalue weighted by Crippen LogP contribution is 2.56. The number of amides is 2. The van der Waals surface area contributed by atoms with Gasteiger partial charge in [0.1, 0.15) is 0 Å². The number of carbonyl (C=O) groups excluding carboxylic acids is 2. The van der Waals surface area contributed by atoms with Gasteiger partial charge in [-0.25, -0.2) is 21.6 Å². The molecule has 228 valence electrons. The Morgan fingerprint density at radius 1 is 1.10 bits per heavy atom. The summed E-state index contributed by atoms with van der Waals surface area (Å²) in [5.74, 6) is -6.76. The molecule has 0 aliphatic heterocycles. The summed E-state index contributed by atoms with van der Waals surface area (Å²) >= 11 is 6.29. The lowest BCUT2D eigenvalue weighted by Crippen LogP contribution is -2.52. The van der Waals surface area contributed by atoms with E-state index in [-0.39, 0.29) is 52.3 Å². The van der Waals surface area contributed by atoms with E-state index in [1.807, 2.05) is 6.92 Å². The molecule has 42 heavy (non-hydrogen) atoms.